The highest BCUT2D eigenvalue weighted by atomic mass is 19.4. The topological polar surface area (TPSA) is 51.4 Å². The van der Waals surface area contributed by atoms with Crippen molar-refractivity contribution >= 4 is 16.6 Å². The molecule has 1 unspecified atom stereocenters. The van der Waals surface area contributed by atoms with E-state index >= 15 is 0 Å². The molecule has 124 valence electrons. The van der Waals surface area contributed by atoms with Crippen LogP contribution in [0.4, 0.5) is 19.0 Å². The standard InChI is InChI=1S/C16H18F3N3O/c17-16(18,19)12-1-2-14-11(9-12)4-6-21-15(14)22-7-8-23-13(10-22)3-5-20/h1-2,4,6,9,13H,3,5,7-8,10,20H2. The summed E-state index contributed by atoms with van der Waals surface area (Å²) in [5.41, 5.74) is 4.92. The van der Waals surface area contributed by atoms with Crippen molar-refractivity contribution in [1.82, 2.24) is 4.98 Å². The van der Waals surface area contributed by atoms with Crippen molar-refractivity contribution in [2.24, 2.45) is 5.73 Å². The molecule has 23 heavy (non-hydrogen) atoms. The number of alkyl halides is 3. The highest BCUT2D eigenvalue weighted by Crippen LogP contribution is 2.33. The maximum Gasteiger partial charge on any atom is 0.416 e. The number of pyridine rings is 1. The van der Waals surface area contributed by atoms with Crippen LogP contribution in [0.15, 0.2) is 30.5 Å². The van der Waals surface area contributed by atoms with Gasteiger partial charge >= 0.3 is 6.18 Å². The van der Waals surface area contributed by atoms with E-state index in [1.165, 1.54) is 12.1 Å². The lowest BCUT2D eigenvalue weighted by Gasteiger charge is -2.34. The number of nitrogens with two attached hydrogens (primary N) is 1. The van der Waals surface area contributed by atoms with Crippen molar-refractivity contribution in [3.63, 3.8) is 0 Å². The molecule has 1 aromatic heterocycles. The predicted molar refractivity (Wildman–Crippen MR) is 82.4 cm³/mol. The third-order valence-electron chi connectivity index (χ3n) is 4.00. The third kappa shape index (κ3) is 3.40. The van der Waals surface area contributed by atoms with E-state index < -0.39 is 11.7 Å². The summed E-state index contributed by atoms with van der Waals surface area (Å²) in [5.74, 6) is 0.696. The van der Waals surface area contributed by atoms with Crippen LogP contribution in [0.25, 0.3) is 10.8 Å². The molecule has 1 fully saturated rings. The second-order valence-corrected chi connectivity index (χ2v) is 5.58. The van der Waals surface area contributed by atoms with Gasteiger partial charge in [0.2, 0.25) is 0 Å². The first-order chi connectivity index (χ1) is 11.0. The van der Waals surface area contributed by atoms with Crippen molar-refractivity contribution in [2.75, 3.05) is 31.1 Å². The summed E-state index contributed by atoms with van der Waals surface area (Å²) in [7, 11) is 0. The molecule has 3 rings (SSSR count). The number of ether oxygens (including phenoxy) is 1. The second kappa shape index (κ2) is 6.33. The molecule has 1 aromatic carbocycles. The average molecular weight is 325 g/mol. The van der Waals surface area contributed by atoms with Crippen molar-refractivity contribution in [1.29, 1.82) is 0 Å². The smallest absolute Gasteiger partial charge is 0.374 e. The molecule has 1 saturated heterocycles. The molecule has 2 aromatic rings. The molecule has 0 amide bonds. The maximum atomic E-state index is 12.9. The lowest BCUT2D eigenvalue weighted by Crippen LogP contribution is -2.43. The summed E-state index contributed by atoms with van der Waals surface area (Å²) >= 11 is 0. The Balaban J connectivity index is 1.95. The minimum Gasteiger partial charge on any atom is -0.374 e. The van der Waals surface area contributed by atoms with Gasteiger partial charge in [-0.05, 0) is 36.6 Å². The molecule has 2 N–H and O–H groups in total. The molecule has 0 saturated carbocycles. The van der Waals surface area contributed by atoms with Crippen molar-refractivity contribution in [3.05, 3.63) is 36.0 Å². The van der Waals surface area contributed by atoms with Gasteiger partial charge in [0, 0.05) is 24.7 Å². The monoisotopic (exact) mass is 325 g/mol. The van der Waals surface area contributed by atoms with Gasteiger partial charge in [-0.2, -0.15) is 13.2 Å². The quantitative estimate of drug-likeness (QED) is 0.943. The Morgan fingerprint density at radius 2 is 2.13 bits per heavy atom. The second-order valence-electron chi connectivity index (χ2n) is 5.58. The van der Waals surface area contributed by atoms with Crippen molar-refractivity contribution in [3.8, 4) is 0 Å². The van der Waals surface area contributed by atoms with E-state index in [1.807, 2.05) is 0 Å². The summed E-state index contributed by atoms with van der Waals surface area (Å²) in [6.45, 7) is 2.40. The van der Waals surface area contributed by atoms with E-state index in [0.717, 1.165) is 12.5 Å². The molecule has 4 nitrogen and oxygen atoms in total. The van der Waals surface area contributed by atoms with Crippen LogP contribution in [0.3, 0.4) is 0 Å². The number of hydrogen-bond donors (Lipinski definition) is 1. The first kappa shape index (κ1) is 16.0. The molecule has 0 radical (unpaired) electrons. The number of benzene rings is 1. The Hall–Kier alpha value is -1.86. The molecular weight excluding hydrogens is 307 g/mol. The van der Waals surface area contributed by atoms with Crippen LogP contribution in [0.2, 0.25) is 0 Å². The highest BCUT2D eigenvalue weighted by Gasteiger charge is 2.31. The first-order valence-electron chi connectivity index (χ1n) is 7.51. The molecule has 1 aliphatic rings. The Kier molecular flexibility index (Phi) is 4.41. The molecule has 0 bridgehead atoms. The normalized spacial score (nSPS) is 19.3. The number of rotatable bonds is 3. The van der Waals surface area contributed by atoms with Crippen LogP contribution in [0, 0.1) is 0 Å². The van der Waals surface area contributed by atoms with E-state index in [9.17, 15) is 13.2 Å². The van der Waals surface area contributed by atoms with E-state index in [2.05, 4.69) is 9.88 Å². The van der Waals surface area contributed by atoms with Gasteiger partial charge in [-0.3, -0.25) is 0 Å². The fraction of sp³-hybridized carbons (Fsp3) is 0.438. The average Bonchev–Trinajstić information content (AvgIpc) is 2.53. The number of anilines is 1. The molecule has 0 aliphatic carbocycles. The minimum atomic E-state index is -4.34. The van der Waals surface area contributed by atoms with Crippen LogP contribution in [-0.2, 0) is 10.9 Å². The number of hydrogen-bond acceptors (Lipinski definition) is 4. The number of aromatic nitrogens is 1. The molecule has 7 heteroatoms. The van der Waals surface area contributed by atoms with Crippen molar-refractivity contribution < 1.29 is 17.9 Å². The Morgan fingerprint density at radius 1 is 1.30 bits per heavy atom. The SMILES string of the molecule is NCCC1CN(c2nccc3cc(C(F)(F)F)ccc23)CCO1. The van der Waals surface area contributed by atoms with Crippen LogP contribution in [-0.4, -0.2) is 37.3 Å². The van der Waals surface area contributed by atoms with Gasteiger partial charge in [-0.1, -0.05) is 6.07 Å². The maximum absolute atomic E-state index is 12.9. The summed E-state index contributed by atoms with van der Waals surface area (Å²) in [5, 5.41) is 1.25. The van der Waals surface area contributed by atoms with Gasteiger partial charge < -0.3 is 15.4 Å². The molecule has 1 atom stereocenters. The van der Waals surface area contributed by atoms with Gasteiger partial charge in [-0.15, -0.1) is 0 Å². The molecule has 0 spiro atoms. The first-order valence-corrected chi connectivity index (χ1v) is 7.51. The van der Waals surface area contributed by atoms with E-state index in [-0.39, 0.29) is 6.10 Å². The summed E-state index contributed by atoms with van der Waals surface area (Å²) in [4.78, 5) is 6.43. The van der Waals surface area contributed by atoms with E-state index in [1.54, 1.807) is 12.3 Å². The molecule has 2 heterocycles. The van der Waals surface area contributed by atoms with Crippen molar-refractivity contribution in [2.45, 2.75) is 18.7 Å². The highest BCUT2D eigenvalue weighted by molar-refractivity contribution is 5.92. The van der Waals surface area contributed by atoms with Gasteiger partial charge in [0.25, 0.3) is 0 Å². The summed E-state index contributed by atoms with van der Waals surface area (Å²) in [6, 6.07) is 5.36. The zero-order valence-electron chi connectivity index (χ0n) is 12.5. The number of fused-ring (bicyclic) bond motifs is 1. The minimum absolute atomic E-state index is 0.0280. The Bertz CT molecular complexity index is 688. The van der Waals surface area contributed by atoms with Gasteiger partial charge in [0.15, 0.2) is 0 Å². The van der Waals surface area contributed by atoms with E-state index in [4.69, 9.17) is 10.5 Å². The van der Waals surface area contributed by atoms with Gasteiger partial charge in [0.1, 0.15) is 5.82 Å². The summed E-state index contributed by atoms with van der Waals surface area (Å²) < 4.78 is 44.2. The zero-order chi connectivity index (χ0) is 16.4. The number of morpholine rings is 1. The summed E-state index contributed by atoms with van der Waals surface area (Å²) in [6.07, 6.45) is -2.02. The fourth-order valence-electron chi connectivity index (χ4n) is 2.86. The third-order valence-corrected chi connectivity index (χ3v) is 4.00. The van der Waals surface area contributed by atoms with Gasteiger partial charge in [0.05, 0.1) is 18.3 Å². The van der Waals surface area contributed by atoms with E-state index in [0.29, 0.717) is 42.8 Å². The lowest BCUT2D eigenvalue weighted by atomic mass is 10.1. The largest absolute Gasteiger partial charge is 0.416 e. The van der Waals surface area contributed by atoms with Crippen LogP contribution in [0.1, 0.15) is 12.0 Å². The number of halogens is 3. The van der Waals surface area contributed by atoms with Crippen LogP contribution >= 0.6 is 0 Å². The van der Waals surface area contributed by atoms with Crippen LogP contribution in [0.5, 0.6) is 0 Å². The Morgan fingerprint density at radius 3 is 2.87 bits per heavy atom. The molecular formula is C16H18F3N3O. The fourth-order valence-corrected chi connectivity index (χ4v) is 2.86. The Labute approximate surface area is 132 Å². The predicted octanol–water partition coefficient (Wildman–Crippen LogP) is 2.81. The van der Waals surface area contributed by atoms with Crippen LogP contribution < -0.4 is 10.6 Å². The zero-order valence-corrected chi connectivity index (χ0v) is 12.5. The lowest BCUT2D eigenvalue weighted by molar-refractivity contribution is -0.137. The van der Waals surface area contributed by atoms with Gasteiger partial charge in [-0.25, -0.2) is 4.98 Å². The number of nitrogens with zero attached hydrogens (tertiary/aromatic N) is 2. The molecule has 1 aliphatic heterocycles.